The van der Waals surface area contributed by atoms with Gasteiger partial charge < -0.3 is 10.6 Å². The largest absolute Gasteiger partial charge is 0.369 e. The van der Waals surface area contributed by atoms with Crippen molar-refractivity contribution < 1.29 is 0 Å². The summed E-state index contributed by atoms with van der Waals surface area (Å²) in [7, 11) is 1.98. The molecule has 2 N–H and O–H groups in total. The number of rotatable bonds is 3. The number of nitrogens with zero attached hydrogens (tertiary/aromatic N) is 2. The van der Waals surface area contributed by atoms with Crippen LogP contribution in [0.15, 0.2) is 12.3 Å². The Hall–Kier alpha value is -0.800. The van der Waals surface area contributed by atoms with Crippen LogP contribution in [0.1, 0.15) is 12.6 Å². The quantitative estimate of drug-likeness (QED) is 0.833. The van der Waals surface area contributed by atoms with Crippen LogP contribution in [0.3, 0.4) is 0 Å². The molecule has 3 nitrogen and oxygen atoms in total. The molecular formula is C10H16ClN3. The fourth-order valence-corrected chi connectivity index (χ4v) is 1.45. The van der Waals surface area contributed by atoms with E-state index in [4.69, 9.17) is 17.3 Å². The molecule has 1 unspecified atom stereocenters. The third-order valence-electron chi connectivity index (χ3n) is 2.43. The smallest absolute Gasteiger partial charge is 0.0851 e. The summed E-state index contributed by atoms with van der Waals surface area (Å²) in [6.45, 7) is 4.56. The van der Waals surface area contributed by atoms with Crippen LogP contribution in [0.25, 0.3) is 0 Å². The highest BCUT2D eigenvalue weighted by molar-refractivity contribution is 6.33. The second kappa shape index (κ2) is 4.62. The molecule has 0 saturated carbocycles. The molecule has 0 aliphatic rings. The number of halogens is 1. The van der Waals surface area contributed by atoms with E-state index in [0.717, 1.165) is 11.4 Å². The summed E-state index contributed by atoms with van der Waals surface area (Å²) < 4.78 is 0. The van der Waals surface area contributed by atoms with E-state index in [1.54, 1.807) is 6.20 Å². The van der Waals surface area contributed by atoms with E-state index in [9.17, 15) is 0 Å². The summed E-state index contributed by atoms with van der Waals surface area (Å²) >= 11 is 6.14. The van der Waals surface area contributed by atoms with Crippen LogP contribution in [0.5, 0.6) is 0 Å². The maximum Gasteiger partial charge on any atom is 0.0851 e. The standard InChI is InChI=1S/C10H16ClN3/c1-7(6-12)14(3)9-4-5-13-8(2)10(9)11/h4-5,7H,6,12H2,1-3H3. The van der Waals surface area contributed by atoms with Gasteiger partial charge in [0.1, 0.15) is 0 Å². The zero-order valence-electron chi connectivity index (χ0n) is 8.79. The van der Waals surface area contributed by atoms with Crippen LogP contribution in [-0.2, 0) is 0 Å². The summed E-state index contributed by atoms with van der Waals surface area (Å²) in [6, 6.07) is 2.18. The first-order chi connectivity index (χ1) is 6.57. The van der Waals surface area contributed by atoms with E-state index in [1.165, 1.54) is 0 Å². The Balaban J connectivity index is 3.01. The molecule has 14 heavy (non-hydrogen) atoms. The van der Waals surface area contributed by atoms with Crippen molar-refractivity contribution in [2.75, 3.05) is 18.5 Å². The predicted molar refractivity (Wildman–Crippen MR) is 60.9 cm³/mol. The van der Waals surface area contributed by atoms with Crippen molar-refractivity contribution in [3.63, 3.8) is 0 Å². The zero-order chi connectivity index (χ0) is 10.7. The monoisotopic (exact) mass is 213 g/mol. The number of hydrogen-bond donors (Lipinski definition) is 1. The average Bonchev–Trinajstić information content (AvgIpc) is 2.20. The SMILES string of the molecule is Cc1nccc(N(C)C(C)CN)c1Cl. The number of hydrogen-bond acceptors (Lipinski definition) is 3. The van der Waals surface area contributed by atoms with Gasteiger partial charge >= 0.3 is 0 Å². The molecule has 1 aromatic heterocycles. The maximum absolute atomic E-state index is 6.14. The van der Waals surface area contributed by atoms with Crippen LogP contribution in [0.2, 0.25) is 5.02 Å². The van der Waals surface area contributed by atoms with Gasteiger partial charge in [-0.1, -0.05) is 11.6 Å². The van der Waals surface area contributed by atoms with Crippen molar-refractivity contribution in [1.82, 2.24) is 4.98 Å². The summed E-state index contributed by atoms with van der Waals surface area (Å²) in [6.07, 6.45) is 1.76. The summed E-state index contributed by atoms with van der Waals surface area (Å²) in [5, 5.41) is 0.704. The van der Waals surface area contributed by atoms with E-state index in [2.05, 4.69) is 16.8 Å². The Morgan fingerprint density at radius 2 is 2.29 bits per heavy atom. The number of aromatic nitrogens is 1. The van der Waals surface area contributed by atoms with Crippen molar-refractivity contribution >= 4 is 17.3 Å². The Bertz CT molecular complexity index is 314. The minimum Gasteiger partial charge on any atom is -0.369 e. The number of nitrogens with two attached hydrogens (primary N) is 1. The van der Waals surface area contributed by atoms with Gasteiger partial charge in [0.25, 0.3) is 0 Å². The topological polar surface area (TPSA) is 42.2 Å². The van der Waals surface area contributed by atoms with Gasteiger partial charge in [0, 0.05) is 25.8 Å². The molecule has 0 saturated heterocycles. The fourth-order valence-electron chi connectivity index (χ4n) is 1.20. The van der Waals surface area contributed by atoms with E-state index < -0.39 is 0 Å². The lowest BCUT2D eigenvalue weighted by Crippen LogP contribution is -2.35. The normalized spacial score (nSPS) is 12.6. The minimum absolute atomic E-state index is 0.272. The van der Waals surface area contributed by atoms with Gasteiger partial charge in [-0.25, -0.2) is 0 Å². The van der Waals surface area contributed by atoms with Gasteiger partial charge in [-0.15, -0.1) is 0 Å². The van der Waals surface area contributed by atoms with E-state index in [1.807, 2.05) is 20.0 Å². The van der Waals surface area contributed by atoms with Crippen molar-refractivity contribution in [2.45, 2.75) is 19.9 Å². The molecule has 0 radical (unpaired) electrons. The lowest BCUT2D eigenvalue weighted by molar-refractivity contribution is 0.695. The number of anilines is 1. The Kier molecular flexibility index (Phi) is 3.72. The maximum atomic E-state index is 6.14. The third-order valence-corrected chi connectivity index (χ3v) is 2.89. The lowest BCUT2D eigenvalue weighted by atomic mass is 10.2. The molecule has 0 bridgehead atoms. The number of aryl methyl sites for hydroxylation is 1. The summed E-state index contributed by atoms with van der Waals surface area (Å²) in [5.74, 6) is 0. The first-order valence-electron chi connectivity index (χ1n) is 4.62. The summed E-state index contributed by atoms with van der Waals surface area (Å²) in [4.78, 5) is 6.18. The molecule has 0 aromatic carbocycles. The lowest BCUT2D eigenvalue weighted by Gasteiger charge is -2.26. The van der Waals surface area contributed by atoms with Crippen molar-refractivity contribution in [1.29, 1.82) is 0 Å². The molecule has 1 aromatic rings. The van der Waals surface area contributed by atoms with Crippen molar-refractivity contribution in [3.05, 3.63) is 23.0 Å². The van der Waals surface area contributed by atoms with Gasteiger partial charge in [0.2, 0.25) is 0 Å². The van der Waals surface area contributed by atoms with Crippen molar-refractivity contribution in [2.24, 2.45) is 5.73 Å². The predicted octanol–water partition coefficient (Wildman–Crippen LogP) is 1.83. The molecule has 0 spiro atoms. The van der Waals surface area contributed by atoms with Crippen LogP contribution in [0, 0.1) is 6.92 Å². The number of likely N-dealkylation sites (N-methyl/N-ethyl adjacent to an activating group) is 1. The Labute approximate surface area is 89.9 Å². The Morgan fingerprint density at radius 1 is 1.64 bits per heavy atom. The summed E-state index contributed by atoms with van der Waals surface area (Å²) in [5.41, 5.74) is 7.43. The van der Waals surface area contributed by atoms with Crippen LogP contribution in [-0.4, -0.2) is 24.6 Å². The highest BCUT2D eigenvalue weighted by Crippen LogP contribution is 2.27. The van der Waals surface area contributed by atoms with Crippen molar-refractivity contribution in [3.8, 4) is 0 Å². The first-order valence-corrected chi connectivity index (χ1v) is 4.99. The second-order valence-corrected chi connectivity index (χ2v) is 3.80. The molecule has 1 rings (SSSR count). The zero-order valence-corrected chi connectivity index (χ0v) is 9.54. The Morgan fingerprint density at radius 3 is 2.86 bits per heavy atom. The van der Waals surface area contributed by atoms with E-state index >= 15 is 0 Å². The van der Waals surface area contributed by atoms with Gasteiger partial charge in [-0.3, -0.25) is 4.98 Å². The number of pyridine rings is 1. The van der Waals surface area contributed by atoms with Gasteiger partial charge in [-0.05, 0) is 19.9 Å². The van der Waals surface area contributed by atoms with Crippen LogP contribution in [0.4, 0.5) is 5.69 Å². The molecule has 1 atom stereocenters. The molecular weight excluding hydrogens is 198 g/mol. The molecule has 1 heterocycles. The highest BCUT2D eigenvalue weighted by Gasteiger charge is 2.12. The second-order valence-electron chi connectivity index (χ2n) is 3.43. The molecule has 0 aliphatic carbocycles. The van der Waals surface area contributed by atoms with Crippen LogP contribution >= 0.6 is 11.6 Å². The molecule has 0 fully saturated rings. The van der Waals surface area contributed by atoms with Gasteiger partial charge in [-0.2, -0.15) is 0 Å². The molecule has 0 aliphatic heterocycles. The average molecular weight is 214 g/mol. The van der Waals surface area contributed by atoms with Gasteiger partial charge in [0.05, 0.1) is 16.4 Å². The minimum atomic E-state index is 0.272. The molecule has 78 valence electrons. The fraction of sp³-hybridized carbons (Fsp3) is 0.500. The van der Waals surface area contributed by atoms with Gasteiger partial charge in [0.15, 0.2) is 0 Å². The van der Waals surface area contributed by atoms with E-state index in [-0.39, 0.29) is 6.04 Å². The van der Waals surface area contributed by atoms with E-state index in [0.29, 0.717) is 11.6 Å². The first kappa shape index (κ1) is 11.3. The third kappa shape index (κ3) is 2.16. The molecule has 4 heteroatoms. The highest BCUT2D eigenvalue weighted by atomic mass is 35.5. The van der Waals surface area contributed by atoms with Crippen LogP contribution < -0.4 is 10.6 Å². The molecule has 0 amide bonds.